The Labute approximate surface area is 95.2 Å². The minimum atomic E-state index is -4.26. The molecule has 0 aliphatic heterocycles. The van der Waals surface area contributed by atoms with Crippen molar-refractivity contribution < 1.29 is 18.0 Å². The van der Waals surface area contributed by atoms with Crippen molar-refractivity contribution in [2.24, 2.45) is 11.8 Å². The summed E-state index contributed by atoms with van der Waals surface area (Å²) in [4.78, 5) is 11.7. The molecule has 2 unspecified atom stereocenters. The van der Waals surface area contributed by atoms with Gasteiger partial charge in [-0.1, -0.05) is 23.7 Å². The maximum atomic E-state index is 12.3. The first kappa shape index (κ1) is 11.5. The predicted octanol–water partition coefficient (Wildman–Crippen LogP) is 3.72. The molecule has 0 bridgehead atoms. The number of carbonyl (C=O) groups excluding carboxylic acids is 1. The van der Waals surface area contributed by atoms with E-state index in [4.69, 9.17) is 11.6 Å². The standard InChI is InChI=1S/C11H8ClF3O/c12-7-3-1-2-6(4-7)10(16)8-5-9(8)11(13,14)15/h1-4,8-9H,5H2. The van der Waals surface area contributed by atoms with Gasteiger partial charge >= 0.3 is 6.18 Å². The normalized spacial score (nSPS) is 24.2. The van der Waals surface area contributed by atoms with E-state index in [1.165, 1.54) is 12.1 Å². The van der Waals surface area contributed by atoms with E-state index in [2.05, 4.69) is 0 Å². The molecule has 0 N–H and O–H groups in total. The third-order valence-electron chi connectivity index (χ3n) is 2.66. The van der Waals surface area contributed by atoms with Crippen LogP contribution in [0, 0.1) is 11.8 Å². The van der Waals surface area contributed by atoms with Crippen molar-refractivity contribution in [3.63, 3.8) is 0 Å². The number of ketones is 1. The average Bonchev–Trinajstić information content (AvgIpc) is 2.95. The molecular weight excluding hydrogens is 241 g/mol. The molecule has 86 valence electrons. The Balaban J connectivity index is 2.11. The Hall–Kier alpha value is -1.03. The topological polar surface area (TPSA) is 17.1 Å². The first-order valence-electron chi connectivity index (χ1n) is 4.76. The van der Waals surface area contributed by atoms with Gasteiger partial charge in [0, 0.05) is 16.5 Å². The van der Waals surface area contributed by atoms with Crippen molar-refractivity contribution in [1.82, 2.24) is 0 Å². The lowest BCUT2D eigenvalue weighted by atomic mass is 10.1. The van der Waals surface area contributed by atoms with Gasteiger partial charge in [-0.15, -0.1) is 0 Å². The van der Waals surface area contributed by atoms with E-state index >= 15 is 0 Å². The molecule has 1 fully saturated rings. The van der Waals surface area contributed by atoms with Gasteiger partial charge in [-0.3, -0.25) is 4.79 Å². The zero-order chi connectivity index (χ0) is 11.9. The molecule has 5 heteroatoms. The number of alkyl halides is 3. The third kappa shape index (κ3) is 2.21. The van der Waals surface area contributed by atoms with Crippen molar-refractivity contribution in [3.8, 4) is 0 Å². The Morgan fingerprint density at radius 3 is 2.56 bits per heavy atom. The highest BCUT2D eigenvalue weighted by molar-refractivity contribution is 6.31. The zero-order valence-corrected chi connectivity index (χ0v) is 8.85. The Kier molecular flexibility index (Phi) is 2.70. The van der Waals surface area contributed by atoms with E-state index in [-0.39, 0.29) is 12.0 Å². The quantitative estimate of drug-likeness (QED) is 0.729. The van der Waals surface area contributed by atoms with Crippen LogP contribution in [0.1, 0.15) is 16.8 Å². The summed E-state index contributed by atoms with van der Waals surface area (Å²) in [6.07, 6.45) is -4.37. The maximum absolute atomic E-state index is 12.3. The number of rotatable bonds is 2. The van der Waals surface area contributed by atoms with Gasteiger partial charge in [-0.25, -0.2) is 0 Å². The van der Waals surface area contributed by atoms with Crippen LogP contribution in [0.4, 0.5) is 13.2 Å². The summed E-state index contributed by atoms with van der Waals surface area (Å²) in [6.45, 7) is 0. The van der Waals surface area contributed by atoms with Gasteiger partial charge in [0.1, 0.15) is 0 Å². The molecule has 0 heterocycles. The number of benzene rings is 1. The second-order valence-electron chi connectivity index (χ2n) is 3.86. The number of hydrogen-bond acceptors (Lipinski definition) is 1. The summed E-state index contributed by atoms with van der Waals surface area (Å²) in [5, 5.41) is 0.357. The monoisotopic (exact) mass is 248 g/mol. The van der Waals surface area contributed by atoms with Gasteiger partial charge in [-0.2, -0.15) is 13.2 Å². The zero-order valence-electron chi connectivity index (χ0n) is 8.09. The van der Waals surface area contributed by atoms with Crippen LogP contribution < -0.4 is 0 Å². The fourth-order valence-corrected chi connectivity index (χ4v) is 1.89. The summed E-state index contributed by atoms with van der Waals surface area (Å²) in [5.41, 5.74) is 0.254. The Morgan fingerprint density at radius 2 is 2.06 bits per heavy atom. The van der Waals surface area contributed by atoms with Gasteiger partial charge in [0.15, 0.2) is 5.78 Å². The molecule has 2 rings (SSSR count). The van der Waals surface area contributed by atoms with Gasteiger partial charge in [0.25, 0.3) is 0 Å². The fraction of sp³-hybridized carbons (Fsp3) is 0.364. The van der Waals surface area contributed by atoms with Crippen LogP contribution in [0.2, 0.25) is 5.02 Å². The molecule has 0 radical (unpaired) electrons. The van der Waals surface area contributed by atoms with Crippen LogP contribution in [0.5, 0.6) is 0 Å². The fourth-order valence-electron chi connectivity index (χ4n) is 1.70. The van der Waals surface area contributed by atoms with Crippen molar-refractivity contribution in [2.45, 2.75) is 12.6 Å². The van der Waals surface area contributed by atoms with Crippen LogP contribution in [0.15, 0.2) is 24.3 Å². The summed E-state index contributed by atoms with van der Waals surface area (Å²) in [6, 6.07) is 6.02. The van der Waals surface area contributed by atoms with Crippen molar-refractivity contribution >= 4 is 17.4 Å². The molecule has 2 atom stereocenters. The van der Waals surface area contributed by atoms with E-state index in [0.717, 1.165) is 0 Å². The maximum Gasteiger partial charge on any atom is 0.392 e. The smallest absolute Gasteiger partial charge is 0.294 e. The minimum Gasteiger partial charge on any atom is -0.294 e. The average molecular weight is 249 g/mol. The second kappa shape index (κ2) is 3.77. The molecule has 1 aliphatic carbocycles. The van der Waals surface area contributed by atoms with E-state index in [1.807, 2.05) is 0 Å². The molecule has 0 saturated heterocycles. The van der Waals surface area contributed by atoms with Gasteiger partial charge in [0.05, 0.1) is 5.92 Å². The molecule has 0 amide bonds. The van der Waals surface area contributed by atoms with Crippen LogP contribution in [-0.4, -0.2) is 12.0 Å². The molecule has 1 saturated carbocycles. The van der Waals surface area contributed by atoms with Gasteiger partial charge < -0.3 is 0 Å². The van der Waals surface area contributed by atoms with Gasteiger partial charge in [-0.05, 0) is 18.6 Å². The van der Waals surface area contributed by atoms with E-state index in [9.17, 15) is 18.0 Å². The largest absolute Gasteiger partial charge is 0.392 e. The highest BCUT2D eigenvalue weighted by Gasteiger charge is 2.58. The number of carbonyl (C=O) groups is 1. The van der Waals surface area contributed by atoms with Crippen LogP contribution >= 0.6 is 11.6 Å². The van der Waals surface area contributed by atoms with E-state index < -0.39 is 23.8 Å². The van der Waals surface area contributed by atoms with Crippen LogP contribution in [0.25, 0.3) is 0 Å². The molecule has 1 aliphatic rings. The SMILES string of the molecule is O=C(c1cccc(Cl)c1)C1CC1C(F)(F)F. The van der Waals surface area contributed by atoms with Crippen molar-refractivity contribution in [1.29, 1.82) is 0 Å². The van der Waals surface area contributed by atoms with Crippen LogP contribution in [0.3, 0.4) is 0 Å². The van der Waals surface area contributed by atoms with E-state index in [1.54, 1.807) is 12.1 Å². The molecule has 16 heavy (non-hydrogen) atoms. The number of hydrogen-bond donors (Lipinski definition) is 0. The lowest BCUT2D eigenvalue weighted by molar-refractivity contribution is -0.149. The molecule has 1 aromatic rings. The predicted molar refractivity (Wildman–Crippen MR) is 53.4 cm³/mol. The summed E-state index contributed by atoms with van der Waals surface area (Å²) >= 11 is 5.67. The van der Waals surface area contributed by atoms with Crippen molar-refractivity contribution in [2.75, 3.05) is 0 Å². The lowest BCUT2D eigenvalue weighted by Gasteiger charge is -2.04. The molecule has 1 aromatic carbocycles. The Bertz CT molecular complexity index is 427. The molecule has 0 aromatic heterocycles. The second-order valence-corrected chi connectivity index (χ2v) is 4.30. The molecule has 1 nitrogen and oxygen atoms in total. The summed E-state index contributed by atoms with van der Waals surface area (Å²) in [7, 11) is 0. The summed E-state index contributed by atoms with van der Waals surface area (Å²) in [5.74, 6) is -2.86. The first-order valence-corrected chi connectivity index (χ1v) is 5.14. The number of Topliss-reactive ketones (excluding diaryl/α,β-unsaturated/α-hetero) is 1. The van der Waals surface area contributed by atoms with E-state index in [0.29, 0.717) is 5.02 Å². The third-order valence-corrected chi connectivity index (χ3v) is 2.89. The molecular formula is C11H8ClF3O. The van der Waals surface area contributed by atoms with Crippen molar-refractivity contribution in [3.05, 3.63) is 34.9 Å². The highest BCUT2D eigenvalue weighted by atomic mass is 35.5. The Morgan fingerprint density at radius 1 is 1.38 bits per heavy atom. The first-order chi connectivity index (χ1) is 7.39. The minimum absolute atomic E-state index is 0.102. The highest BCUT2D eigenvalue weighted by Crippen LogP contribution is 2.51. The number of halogens is 4. The molecule has 0 spiro atoms. The van der Waals surface area contributed by atoms with Crippen LogP contribution in [-0.2, 0) is 0 Å². The lowest BCUT2D eigenvalue weighted by Crippen LogP contribution is -2.15. The van der Waals surface area contributed by atoms with Gasteiger partial charge in [0.2, 0.25) is 0 Å². The summed E-state index contributed by atoms with van der Waals surface area (Å²) < 4.78 is 36.8.